The summed E-state index contributed by atoms with van der Waals surface area (Å²) in [4.78, 5) is 29.0. The number of anilines is 3. The smallest absolute Gasteiger partial charge is 0.323 e. The lowest BCUT2D eigenvalue weighted by atomic mass is 9.98. The van der Waals surface area contributed by atoms with Crippen LogP contribution in [0, 0.1) is 0 Å². The quantitative estimate of drug-likeness (QED) is 0.398. The summed E-state index contributed by atoms with van der Waals surface area (Å²) in [7, 11) is 0. The van der Waals surface area contributed by atoms with Crippen LogP contribution in [0.1, 0.15) is 35.3 Å². The molecule has 0 aliphatic carbocycles. The highest BCUT2D eigenvalue weighted by atomic mass is 32.2. The zero-order valence-corrected chi connectivity index (χ0v) is 20.5. The summed E-state index contributed by atoms with van der Waals surface area (Å²) in [6.07, 6.45) is 2.94. The van der Waals surface area contributed by atoms with Gasteiger partial charge >= 0.3 is 6.03 Å². The first-order valence-electron chi connectivity index (χ1n) is 11.4. The van der Waals surface area contributed by atoms with Crippen LogP contribution in [0.4, 0.5) is 21.9 Å². The number of nitrogens with zero attached hydrogens (tertiary/aromatic N) is 1. The Morgan fingerprint density at radius 2 is 1.59 bits per heavy atom. The maximum absolute atomic E-state index is 13.1. The van der Waals surface area contributed by atoms with Crippen molar-refractivity contribution >= 4 is 40.8 Å². The molecule has 0 atom stereocenters. The third-order valence-electron chi connectivity index (χ3n) is 5.74. The molecule has 4 rings (SSSR count). The van der Waals surface area contributed by atoms with E-state index in [1.165, 1.54) is 11.1 Å². The van der Waals surface area contributed by atoms with E-state index in [0.29, 0.717) is 16.9 Å². The van der Waals surface area contributed by atoms with Crippen LogP contribution in [-0.4, -0.2) is 30.8 Å². The molecule has 0 unspecified atom stereocenters. The maximum Gasteiger partial charge on any atom is 0.323 e. The lowest BCUT2D eigenvalue weighted by Gasteiger charge is -2.32. The van der Waals surface area contributed by atoms with Crippen LogP contribution in [0.5, 0.6) is 0 Å². The number of hydrogen-bond donors (Lipinski definition) is 3. The standard InChI is InChI=1S/C27H30N4O2S/c1-18(2)28-26(32)24-16-22(30-27(33)29-21-8-11-23(34-3)12-9-21)10-13-25(24)31-15-14-19-6-4-5-7-20(19)17-31/h4-13,16,18H,14-15,17H2,1-3H3,(H,28,32)(H2,29,30,33). The van der Waals surface area contributed by atoms with Gasteiger partial charge in [0.15, 0.2) is 0 Å². The minimum Gasteiger partial charge on any atom is -0.366 e. The summed E-state index contributed by atoms with van der Waals surface area (Å²) in [5.74, 6) is -0.152. The Kier molecular flexibility index (Phi) is 7.43. The summed E-state index contributed by atoms with van der Waals surface area (Å²) >= 11 is 1.65. The number of carbonyl (C=O) groups excluding carboxylic acids is 2. The number of carbonyl (C=O) groups is 2. The van der Waals surface area contributed by atoms with Gasteiger partial charge in [0, 0.05) is 41.1 Å². The van der Waals surface area contributed by atoms with Gasteiger partial charge in [0.25, 0.3) is 5.91 Å². The van der Waals surface area contributed by atoms with Gasteiger partial charge in [-0.25, -0.2) is 4.79 Å². The Bertz CT molecular complexity index is 1180. The zero-order chi connectivity index (χ0) is 24.1. The predicted molar refractivity (Wildman–Crippen MR) is 141 cm³/mol. The van der Waals surface area contributed by atoms with Crippen molar-refractivity contribution in [1.82, 2.24) is 5.32 Å². The van der Waals surface area contributed by atoms with E-state index in [0.717, 1.165) is 30.1 Å². The number of urea groups is 1. The average Bonchev–Trinajstić information content (AvgIpc) is 2.83. The average molecular weight is 475 g/mol. The summed E-state index contributed by atoms with van der Waals surface area (Å²) in [6.45, 7) is 5.45. The van der Waals surface area contributed by atoms with Crippen LogP contribution in [0.15, 0.2) is 71.6 Å². The molecule has 0 saturated heterocycles. The molecule has 34 heavy (non-hydrogen) atoms. The minimum atomic E-state index is -0.355. The third kappa shape index (κ3) is 5.72. The molecule has 0 spiro atoms. The Morgan fingerprint density at radius 3 is 2.29 bits per heavy atom. The third-order valence-corrected chi connectivity index (χ3v) is 6.48. The van der Waals surface area contributed by atoms with Crippen LogP contribution >= 0.6 is 11.8 Å². The topological polar surface area (TPSA) is 73.5 Å². The van der Waals surface area contributed by atoms with Crippen molar-refractivity contribution in [2.75, 3.05) is 28.3 Å². The number of benzene rings is 3. The van der Waals surface area contributed by atoms with E-state index in [1.54, 1.807) is 17.8 Å². The van der Waals surface area contributed by atoms with E-state index in [4.69, 9.17) is 0 Å². The van der Waals surface area contributed by atoms with Crippen LogP contribution in [-0.2, 0) is 13.0 Å². The molecule has 0 fully saturated rings. The van der Waals surface area contributed by atoms with E-state index >= 15 is 0 Å². The first-order valence-corrected chi connectivity index (χ1v) is 12.6. The monoisotopic (exact) mass is 474 g/mol. The summed E-state index contributed by atoms with van der Waals surface area (Å²) in [5, 5.41) is 8.69. The first-order chi connectivity index (χ1) is 16.4. The summed E-state index contributed by atoms with van der Waals surface area (Å²) in [5.41, 5.74) is 5.32. The number of rotatable bonds is 6. The van der Waals surface area contributed by atoms with Crippen molar-refractivity contribution in [2.45, 2.75) is 37.8 Å². The van der Waals surface area contributed by atoms with Gasteiger partial charge < -0.3 is 20.9 Å². The second-order valence-corrected chi connectivity index (χ2v) is 9.49. The lowest BCUT2D eigenvalue weighted by molar-refractivity contribution is 0.0943. The van der Waals surface area contributed by atoms with Crippen molar-refractivity contribution in [1.29, 1.82) is 0 Å². The highest BCUT2D eigenvalue weighted by molar-refractivity contribution is 7.98. The van der Waals surface area contributed by atoms with Gasteiger partial charge in [0.05, 0.1) is 5.56 Å². The molecule has 1 aliphatic heterocycles. The van der Waals surface area contributed by atoms with Crippen molar-refractivity contribution in [3.8, 4) is 0 Å². The fraction of sp³-hybridized carbons (Fsp3) is 0.259. The fourth-order valence-electron chi connectivity index (χ4n) is 4.08. The molecule has 3 aromatic rings. The molecule has 3 aromatic carbocycles. The van der Waals surface area contributed by atoms with Crippen LogP contribution in [0.3, 0.4) is 0 Å². The van der Waals surface area contributed by atoms with Crippen LogP contribution < -0.4 is 20.9 Å². The SMILES string of the molecule is CSc1ccc(NC(=O)Nc2ccc(N3CCc4ccccc4C3)c(C(=O)NC(C)C)c2)cc1. The second-order valence-electron chi connectivity index (χ2n) is 8.61. The molecule has 0 saturated carbocycles. The number of hydrogen-bond acceptors (Lipinski definition) is 4. The molecule has 176 valence electrons. The van der Waals surface area contributed by atoms with Crippen molar-refractivity contribution < 1.29 is 9.59 Å². The van der Waals surface area contributed by atoms with Gasteiger partial charge in [-0.1, -0.05) is 24.3 Å². The molecule has 0 aromatic heterocycles. The summed E-state index contributed by atoms with van der Waals surface area (Å²) in [6, 6.07) is 21.2. The van der Waals surface area contributed by atoms with Gasteiger partial charge in [-0.2, -0.15) is 0 Å². The number of amides is 3. The van der Waals surface area contributed by atoms with E-state index in [2.05, 4.69) is 45.1 Å². The normalized spacial score (nSPS) is 12.8. The number of thioether (sulfide) groups is 1. The van der Waals surface area contributed by atoms with Gasteiger partial charge in [0.1, 0.15) is 0 Å². The molecule has 6 nitrogen and oxygen atoms in total. The predicted octanol–water partition coefficient (Wildman–Crippen LogP) is 5.75. The van der Waals surface area contributed by atoms with Gasteiger partial charge in [-0.05, 0) is 80.1 Å². The molecule has 1 aliphatic rings. The van der Waals surface area contributed by atoms with Gasteiger partial charge in [-0.3, -0.25) is 4.79 Å². The molecule has 0 bridgehead atoms. The Labute approximate surface area is 205 Å². The number of fused-ring (bicyclic) bond motifs is 1. The van der Waals surface area contributed by atoms with Crippen molar-refractivity contribution in [3.05, 3.63) is 83.4 Å². The van der Waals surface area contributed by atoms with E-state index < -0.39 is 0 Å². The van der Waals surface area contributed by atoms with Crippen molar-refractivity contribution in [2.24, 2.45) is 0 Å². The second kappa shape index (κ2) is 10.7. The minimum absolute atomic E-state index is 0.00611. The van der Waals surface area contributed by atoms with E-state index in [9.17, 15) is 9.59 Å². The van der Waals surface area contributed by atoms with Gasteiger partial charge in [-0.15, -0.1) is 11.8 Å². The maximum atomic E-state index is 13.1. The molecule has 7 heteroatoms. The zero-order valence-electron chi connectivity index (χ0n) is 19.7. The van der Waals surface area contributed by atoms with Crippen LogP contribution in [0.25, 0.3) is 0 Å². The fourth-order valence-corrected chi connectivity index (χ4v) is 4.49. The largest absolute Gasteiger partial charge is 0.366 e. The van der Waals surface area contributed by atoms with Crippen molar-refractivity contribution in [3.63, 3.8) is 0 Å². The lowest BCUT2D eigenvalue weighted by Crippen LogP contribution is -2.35. The highest BCUT2D eigenvalue weighted by Gasteiger charge is 2.22. The highest BCUT2D eigenvalue weighted by Crippen LogP contribution is 2.30. The molecule has 3 N–H and O–H groups in total. The van der Waals surface area contributed by atoms with E-state index in [-0.39, 0.29) is 18.0 Å². The first kappa shape index (κ1) is 23.7. The Balaban J connectivity index is 1.55. The number of nitrogens with one attached hydrogen (secondary N) is 3. The van der Waals surface area contributed by atoms with Gasteiger partial charge in [0.2, 0.25) is 0 Å². The molecular formula is C27H30N4O2S. The van der Waals surface area contributed by atoms with Crippen LogP contribution in [0.2, 0.25) is 0 Å². The molecule has 3 amide bonds. The molecular weight excluding hydrogens is 444 g/mol. The Morgan fingerprint density at radius 1 is 0.912 bits per heavy atom. The Hall–Kier alpha value is -3.45. The summed E-state index contributed by atoms with van der Waals surface area (Å²) < 4.78 is 0. The molecule has 1 heterocycles. The van der Waals surface area contributed by atoms with E-state index in [1.807, 2.05) is 56.5 Å². The molecule has 0 radical (unpaired) electrons.